The van der Waals surface area contributed by atoms with Gasteiger partial charge in [0.2, 0.25) is 0 Å². The monoisotopic (exact) mass is 394 g/mol. The lowest BCUT2D eigenvalue weighted by Gasteiger charge is -2.32. The predicted molar refractivity (Wildman–Crippen MR) is 110 cm³/mol. The second-order valence-corrected chi connectivity index (χ2v) is 7.88. The highest BCUT2D eigenvalue weighted by atomic mass is 32.1. The molecule has 144 valence electrons. The third-order valence-corrected chi connectivity index (χ3v) is 5.99. The van der Waals surface area contributed by atoms with E-state index in [1.54, 1.807) is 6.20 Å². The fraction of sp³-hybridized carbons (Fsp3) is 0.286. The van der Waals surface area contributed by atoms with Gasteiger partial charge in [0.25, 0.3) is 11.8 Å². The van der Waals surface area contributed by atoms with Crippen LogP contribution in [0.15, 0.2) is 54.0 Å². The number of nitrogens with zero attached hydrogens (tertiary/aromatic N) is 3. The van der Waals surface area contributed by atoms with Gasteiger partial charge < -0.3 is 10.2 Å². The molecule has 1 N–H and O–H groups in total. The zero-order valence-electron chi connectivity index (χ0n) is 15.7. The van der Waals surface area contributed by atoms with Crippen LogP contribution in [0.4, 0.5) is 5.82 Å². The number of hydrogen-bond donors (Lipinski definition) is 1. The second-order valence-electron chi connectivity index (χ2n) is 6.93. The van der Waals surface area contributed by atoms with Gasteiger partial charge in [-0.05, 0) is 42.8 Å². The smallest absolute Gasteiger partial charge is 0.263 e. The second kappa shape index (κ2) is 7.98. The first-order chi connectivity index (χ1) is 13.6. The molecule has 3 heterocycles. The highest BCUT2D eigenvalue weighted by Gasteiger charge is 2.26. The lowest BCUT2D eigenvalue weighted by Crippen LogP contribution is -2.39. The van der Waals surface area contributed by atoms with Crippen molar-refractivity contribution in [1.82, 2.24) is 14.7 Å². The minimum Gasteiger partial charge on any atom is -0.338 e. The summed E-state index contributed by atoms with van der Waals surface area (Å²) in [6.07, 6.45) is 3.33. The molecule has 2 amide bonds. The lowest BCUT2D eigenvalue weighted by atomic mass is 10.0. The topological polar surface area (TPSA) is 67.2 Å². The molecular weight excluding hydrogens is 372 g/mol. The van der Waals surface area contributed by atoms with Crippen LogP contribution in [0.25, 0.3) is 0 Å². The van der Waals surface area contributed by atoms with E-state index in [0.717, 1.165) is 23.3 Å². The number of anilines is 1. The molecule has 6 nitrogen and oxygen atoms in total. The Morgan fingerprint density at radius 2 is 1.89 bits per heavy atom. The zero-order chi connectivity index (χ0) is 19.5. The van der Waals surface area contributed by atoms with Gasteiger partial charge in [-0.25, -0.2) is 4.68 Å². The molecule has 0 spiro atoms. The molecule has 1 aliphatic heterocycles. The van der Waals surface area contributed by atoms with Crippen molar-refractivity contribution < 1.29 is 9.59 Å². The number of amides is 2. The number of carbonyl (C=O) groups excluding carboxylic acids is 2. The maximum Gasteiger partial charge on any atom is 0.263 e. The molecule has 0 saturated carbocycles. The van der Waals surface area contributed by atoms with E-state index < -0.39 is 0 Å². The molecular formula is C21H22N4O2S. The standard InChI is InChI=1S/C21H22N4O2S/c1-15-5-2-3-6-17(15)20(26)23-19-8-11-22-25(19)16-9-12-24(13-10-16)21(27)18-7-4-14-28-18/h2-8,11,14,16H,9-10,12-13H2,1H3,(H,23,26). The molecule has 3 aromatic rings. The van der Waals surface area contributed by atoms with E-state index in [9.17, 15) is 9.59 Å². The van der Waals surface area contributed by atoms with Crippen LogP contribution in [0.1, 0.15) is 44.5 Å². The van der Waals surface area contributed by atoms with E-state index in [4.69, 9.17) is 0 Å². The zero-order valence-corrected chi connectivity index (χ0v) is 16.5. The van der Waals surface area contributed by atoms with Gasteiger partial charge in [0, 0.05) is 24.7 Å². The van der Waals surface area contributed by atoms with Crippen molar-refractivity contribution in [2.45, 2.75) is 25.8 Å². The van der Waals surface area contributed by atoms with E-state index in [-0.39, 0.29) is 17.9 Å². The van der Waals surface area contributed by atoms with E-state index in [1.807, 2.05) is 64.4 Å². The van der Waals surface area contributed by atoms with Crippen LogP contribution in [0.2, 0.25) is 0 Å². The number of carbonyl (C=O) groups is 2. The molecule has 0 radical (unpaired) electrons. The number of hydrogen-bond acceptors (Lipinski definition) is 4. The van der Waals surface area contributed by atoms with Crippen molar-refractivity contribution >= 4 is 29.0 Å². The molecule has 7 heteroatoms. The molecule has 4 rings (SSSR count). The van der Waals surface area contributed by atoms with Crippen molar-refractivity contribution in [3.05, 3.63) is 70.0 Å². The van der Waals surface area contributed by atoms with E-state index in [0.29, 0.717) is 24.5 Å². The highest BCUT2D eigenvalue weighted by molar-refractivity contribution is 7.12. The quantitative estimate of drug-likeness (QED) is 0.728. The number of benzene rings is 1. The first kappa shape index (κ1) is 18.4. The van der Waals surface area contributed by atoms with Crippen LogP contribution >= 0.6 is 11.3 Å². The van der Waals surface area contributed by atoms with E-state index in [1.165, 1.54) is 11.3 Å². The Kier molecular flexibility index (Phi) is 5.25. The molecule has 0 atom stereocenters. The molecule has 1 saturated heterocycles. The van der Waals surface area contributed by atoms with Crippen molar-refractivity contribution in [3.63, 3.8) is 0 Å². The predicted octanol–water partition coefficient (Wildman–Crippen LogP) is 3.98. The summed E-state index contributed by atoms with van der Waals surface area (Å²) in [5, 5.41) is 9.34. The minimum absolute atomic E-state index is 0.0991. The maximum atomic E-state index is 12.6. The number of aryl methyl sites for hydroxylation is 1. The van der Waals surface area contributed by atoms with Crippen molar-refractivity contribution in [3.8, 4) is 0 Å². The molecule has 1 fully saturated rings. The van der Waals surface area contributed by atoms with Gasteiger partial charge in [0.1, 0.15) is 5.82 Å². The molecule has 1 aromatic carbocycles. The fourth-order valence-electron chi connectivity index (χ4n) is 3.59. The van der Waals surface area contributed by atoms with Gasteiger partial charge in [-0.3, -0.25) is 9.59 Å². The summed E-state index contributed by atoms with van der Waals surface area (Å²) in [4.78, 5) is 27.8. The van der Waals surface area contributed by atoms with Crippen molar-refractivity contribution in [2.24, 2.45) is 0 Å². The number of nitrogens with one attached hydrogen (secondary N) is 1. The summed E-state index contributed by atoms with van der Waals surface area (Å²) < 4.78 is 1.88. The van der Waals surface area contributed by atoms with Crippen LogP contribution in [0.5, 0.6) is 0 Å². The molecule has 2 aromatic heterocycles. The Hall–Kier alpha value is -2.93. The van der Waals surface area contributed by atoms with Crippen LogP contribution < -0.4 is 5.32 Å². The Morgan fingerprint density at radius 3 is 2.61 bits per heavy atom. The Labute approximate surface area is 167 Å². The van der Waals surface area contributed by atoms with Crippen LogP contribution in [-0.2, 0) is 0 Å². The summed E-state index contributed by atoms with van der Waals surface area (Å²) in [7, 11) is 0. The third-order valence-electron chi connectivity index (χ3n) is 5.13. The number of aromatic nitrogens is 2. The van der Waals surface area contributed by atoms with Crippen LogP contribution in [0.3, 0.4) is 0 Å². The molecule has 0 aliphatic carbocycles. The SMILES string of the molecule is Cc1ccccc1C(=O)Nc1ccnn1C1CCN(C(=O)c2cccs2)CC1. The molecule has 0 bridgehead atoms. The van der Waals surface area contributed by atoms with Crippen LogP contribution in [0, 0.1) is 6.92 Å². The Morgan fingerprint density at radius 1 is 1.11 bits per heavy atom. The Bertz CT molecular complexity index is 972. The average Bonchev–Trinajstić information content (AvgIpc) is 3.40. The first-order valence-corrected chi connectivity index (χ1v) is 10.2. The van der Waals surface area contributed by atoms with Gasteiger partial charge in [-0.2, -0.15) is 5.10 Å². The van der Waals surface area contributed by atoms with Gasteiger partial charge in [-0.15, -0.1) is 11.3 Å². The Balaban J connectivity index is 1.42. The average molecular weight is 395 g/mol. The molecule has 28 heavy (non-hydrogen) atoms. The summed E-state index contributed by atoms with van der Waals surface area (Å²) in [6.45, 7) is 3.30. The normalized spacial score (nSPS) is 14.8. The maximum absolute atomic E-state index is 12.6. The fourth-order valence-corrected chi connectivity index (χ4v) is 4.28. The van der Waals surface area contributed by atoms with Gasteiger partial charge in [-0.1, -0.05) is 24.3 Å². The summed E-state index contributed by atoms with van der Waals surface area (Å²) in [6, 6.07) is 13.3. The molecule has 1 aliphatic rings. The van der Waals surface area contributed by atoms with Crippen molar-refractivity contribution in [1.29, 1.82) is 0 Å². The van der Waals surface area contributed by atoms with Gasteiger partial charge in [0.15, 0.2) is 0 Å². The van der Waals surface area contributed by atoms with Gasteiger partial charge in [0.05, 0.1) is 17.1 Å². The van der Waals surface area contributed by atoms with Gasteiger partial charge >= 0.3 is 0 Å². The number of rotatable bonds is 4. The summed E-state index contributed by atoms with van der Waals surface area (Å²) in [5.41, 5.74) is 1.60. The summed E-state index contributed by atoms with van der Waals surface area (Å²) >= 11 is 1.48. The number of thiophene rings is 1. The highest BCUT2D eigenvalue weighted by Crippen LogP contribution is 2.27. The first-order valence-electron chi connectivity index (χ1n) is 9.37. The largest absolute Gasteiger partial charge is 0.338 e. The van der Waals surface area contributed by atoms with Crippen LogP contribution in [-0.4, -0.2) is 39.6 Å². The number of piperidine rings is 1. The minimum atomic E-state index is -0.134. The van der Waals surface area contributed by atoms with E-state index >= 15 is 0 Å². The van der Waals surface area contributed by atoms with E-state index in [2.05, 4.69) is 10.4 Å². The lowest BCUT2D eigenvalue weighted by molar-refractivity contribution is 0.0696. The third kappa shape index (κ3) is 3.71. The number of likely N-dealkylation sites (tertiary alicyclic amines) is 1. The molecule has 0 unspecified atom stereocenters. The van der Waals surface area contributed by atoms with Crippen molar-refractivity contribution in [2.75, 3.05) is 18.4 Å². The summed E-state index contributed by atoms with van der Waals surface area (Å²) in [5.74, 6) is 0.656.